The molecule has 25 heavy (non-hydrogen) atoms. The van der Waals surface area contributed by atoms with Gasteiger partial charge < -0.3 is 0 Å². The van der Waals surface area contributed by atoms with Gasteiger partial charge in [0.2, 0.25) is 0 Å². The van der Waals surface area contributed by atoms with Crippen LogP contribution < -0.4 is 5.56 Å². The maximum absolute atomic E-state index is 13.2. The molecule has 0 atom stereocenters. The van der Waals surface area contributed by atoms with E-state index in [9.17, 15) is 4.79 Å². The fourth-order valence-electron chi connectivity index (χ4n) is 3.18. The minimum atomic E-state index is -0.0866. The molecule has 2 heterocycles. The predicted molar refractivity (Wildman–Crippen MR) is 98.7 cm³/mol. The highest BCUT2D eigenvalue weighted by atomic mass is 16.1. The van der Waals surface area contributed by atoms with Crippen LogP contribution in [0.2, 0.25) is 0 Å². The molecule has 0 aliphatic carbocycles. The highest BCUT2D eigenvalue weighted by Crippen LogP contribution is 2.20. The molecule has 4 rings (SSSR count). The molecule has 2 aromatic carbocycles. The SMILES string of the molecule is Cc1ccccc1-n1c(C)nc2c(c(C)nn2-c2ccccc2)c1=O. The molecule has 0 saturated carbocycles. The summed E-state index contributed by atoms with van der Waals surface area (Å²) >= 11 is 0. The van der Waals surface area contributed by atoms with Crippen LogP contribution in [0.25, 0.3) is 22.4 Å². The Balaban J connectivity index is 2.07. The molecule has 124 valence electrons. The van der Waals surface area contributed by atoms with Crippen molar-refractivity contribution in [3.05, 3.63) is 82.0 Å². The largest absolute Gasteiger partial charge is 0.269 e. The number of hydrogen-bond donors (Lipinski definition) is 0. The lowest BCUT2D eigenvalue weighted by Crippen LogP contribution is -2.23. The fraction of sp³-hybridized carbons (Fsp3) is 0.150. The Bertz CT molecular complexity index is 1140. The third-order valence-corrected chi connectivity index (χ3v) is 4.40. The zero-order chi connectivity index (χ0) is 17.6. The van der Waals surface area contributed by atoms with Crippen LogP contribution in [0.5, 0.6) is 0 Å². The van der Waals surface area contributed by atoms with Gasteiger partial charge in [0.15, 0.2) is 5.65 Å². The first-order chi connectivity index (χ1) is 12.1. The fourth-order valence-corrected chi connectivity index (χ4v) is 3.18. The average molecular weight is 330 g/mol. The lowest BCUT2D eigenvalue weighted by atomic mass is 10.2. The van der Waals surface area contributed by atoms with Crippen molar-refractivity contribution < 1.29 is 0 Å². The second kappa shape index (κ2) is 5.70. The highest BCUT2D eigenvalue weighted by molar-refractivity contribution is 5.79. The number of fused-ring (bicyclic) bond motifs is 1. The minimum absolute atomic E-state index is 0.0866. The summed E-state index contributed by atoms with van der Waals surface area (Å²) in [6.07, 6.45) is 0. The number of aryl methyl sites for hydroxylation is 3. The maximum Gasteiger partial charge on any atom is 0.269 e. The first-order valence-electron chi connectivity index (χ1n) is 8.18. The van der Waals surface area contributed by atoms with Crippen LogP contribution in [-0.4, -0.2) is 19.3 Å². The number of benzene rings is 2. The third kappa shape index (κ3) is 2.36. The van der Waals surface area contributed by atoms with Crippen LogP contribution in [-0.2, 0) is 0 Å². The minimum Gasteiger partial charge on any atom is -0.268 e. The van der Waals surface area contributed by atoms with Crippen molar-refractivity contribution in [2.75, 3.05) is 0 Å². The van der Waals surface area contributed by atoms with E-state index in [1.54, 1.807) is 9.25 Å². The lowest BCUT2D eigenvalue weighted by molar-refractivity contribution is 0.851. The summed E-state index contributed by atoms with van der Waals surface area (Å²) in [5.41, 5.74) is 3.96. The van der Waals surface area contributed by atoms with Gasteiger partial charge in [-0.15, -0.1) is 0 Å². The van der Waals surface area contributed by atoms with Crippen LogP contribution >= 0.6 is 0 Å². The summed E-state index contributed by atoms with van der Waals surface area (Å²) in [4.78, 5) is 18.0. The van der Waals surface area contributed by atoms with E-state index in [0.29, 0.717) is 22.6 Å². The van der Waals surface area contributed by atoms with E-state index >= 15 is 0 Å². The van der Waals surface area contributed by atoms with E-state index in [-0.39, 0.29) is 5.56 Å². The first-order valence-corrected chi connectivity index (χ1v) is 8.18. The predicted octanol–water partition coefficient (Wildman–Crippen LogP) is 3.50. The Morgan fingerprint density at radius 2 is 1.56 bits per heavy atom. The molecule has 0 spiro atoms. The van der Waals surface area contributed by atoms with E-state index < -0.39 is 0 Å². The number of hydrogen-bond acceptors (Lipinski definition) is 3. The van der Waals surface area contributed by atoms with Crippen LogP contribution in [0.4, 0.5) is 0 Å². The number of para-hydroxylation sites is 2. The van der Waals surface area contributed by atoms with Gasteiger partial charge in [-0.05, 0) is 44.5 Å². The van der Waals surface area contributed by atoms with E-state index in [4.69, 9.17) is 4.98 Å². The summed E-state index contributed by atoms with van der Waals surface area (Å²) in [5.74, 6) is 0.642. The van der Waals surface area contributed by atoms with Crippen molar-refractivity contribution in [3.63, 3.8) is 0 Å². The Hall–Kier alpha value is -3.21. The molecule has 0 radical (unpaired) electrons. The molecule has 5 nitrogen and oxygen atoms in total. The van der Waals surface area contributed by atoms with Crippen molar-refractivity contribution in [3.8, 4) is 11.4 Å². The van der Waals surface area contributed by atoms with Gasteiger partial charge >= 0.3 is 0 Å². The molecule has 5 heteroatoms. The summed E-state index contributed by atoms with van der Waals surface area (Å²) < 4.78 is 3.41. The Kier molecular flexibility index (Phi) is 3.50. The second-order valence-corrected chi connectivity index (χ2v) is 6.12. The molecular weight excluding hydrogens is 312 g/mol. The number of rotatable bonds is 2. The van der Waals surface area contributed by atoms with Crippen LogP contribution in [0.3, 0.4) is 0 Å². The Labute approximate surface area is 145 Å². The lowest BCUT2D eigenvalue weighted by Gasteiger charge is -2.12. The standard InChI is InChI=1S/C20H18N4O/c1-13-9-7-8-12-17(13)23-15(3)21-19-18(20(23)25)14(2)22-24(19)16-10-5-4-6-11-16/h4-12H,1-3H3. The van der Waals surface area contributed by atoms with Gasteiger partial charge in [-0.2, -0.15) is 5.10 Å². The quantitative estimate of drug-likeness (QED) is 0.565. The van der Waals surface area contributed by atoms with Gasteiger partial charge in [0, 0.05) is 0 Å². The summed E-state index contributed by atoms with van der Waals surface area (Å²) in [6, 6.07) is 17.6. The van der Waals surface area contributed by atoms with Gasteiger partial charge in [0.25, 0.3) is 5.56 Å². The first kappa shape index (κ1) is 15.3. The normalized spacial score (nSPS) is 11.2. The van der Waals surface area contributed by atoms with E-state index in [1.807, 2.05) is 75.4 Å². The maximum atomic E-state index is 13.2. The Morgan fingerprint density at radius 1 is 0.880 bits per heavy atom. The van der Waals surface area contributed by atoms with Crippen molar-refractivity contribution >= 4 is 11.0 Å². The van der Waals surface area contributed by atoms with Gasteiger partial charge in [-0.1, -0.05) is 36.4 Å². The third-order valence-electron chi connectivity index (χ3n) is 4.40. The summed E-state index contributed by atoms with van der Waals surface area (Å²) in [6.45, 7) is 5.69. The van der Waals surface area contributed by atoms with E-state index in [2.05, 4.69) is 5.10 Å². The van der Waals surface area contributed by atoms with Crippen LogP contribution in [0, 0.1) is 20.8 Å². The number of nitrogens with zero attached hydrogens (tertiary/aromatic N) is 4. The smallest absolute Gasteiger partial charge is 0.268 e. The summed E-state index contributed by atoms with van der Waals surface area (Å²) in [5, 5.41) is 5.11. The number of aromatic nitrogens is 4. The molecule has 0 unspecified atom stereocenters. The molecule has 0 aliphatic heterocycles. The summed E-state index contributed by atoms with van der Waals surface area (Å²) in [7, 11) is 0. The molecule has 0 amide bonds. The molecule has 0 bridgehead atoms. The zero-order valence-electron chi connectivity index (χ0n) is 14.4. The zero-order valence-corrected chi connectivity index (χ0v) is 14.4. The second-order valence-electron chi connectivity index (χ2n) is 6.12. The molecule has 0 fully saturated rings. The molecule has 4 aromatic rings. The van der Waals surface area contributed by atoms with Gasteiger partial charge in [-0.3, -0.25) is 9.36 Å². The van der Waals surface area contributed by atoms with Crippen molar-refractivity contribution in [2.24, 2.45) is 0 Å². The molecular formula is C20H18N4O. The molecule has 0 saturated heterocycles. The van der Waals surface area contributed by atoms with Gasteiger partial charge in [-0.25, -0.2) is 9.67 Å². The van der Waals surface area contributed by atoms with Crippen LogP contribution in [0.1, 0.15) is 17.1 Å². The van der Waals surface area contributed by atoms with Gasteiger partial charge in [0.1, 0.15) is 11.2 Å². The van der Waals surface area contributed by atoms with Gasteiger partial charge in [0.05, 0.1) is 17.1 Å². The van der Waals surface area contributed by atoms with E-state index in [1.165, 1.54) is 0 Å². The highest BCUT2D eigenvalue weighted by Gasteiger charge is 2.18. The van der Waals surface area contributed by atoms with Crippen molar-refractivity contribution in [1.82, 2.24) is 19.3 Å². The molecule has 0 aliphatic rings. The molecule has 0 N–H and O–H groups in total. The average Bonchev–Trinajstić information content (AvgIpc) is 2.94. The van der Waals surface area contributed by atoms with E-state index in [0.717, 1.165) is 16.9 Å². The van der Waals surface area contributed by atoms with Crippen molar-refractivity contribution in [1.29, 1.82) is 0 Å². The monoisotopic (exact) mass is 330 g/mol. The van der Waals surface area contributed by atoms with Crippen molar-refractivity contribution in [2.45, 2.75) is 20.8 Å². The molecule has 2 aromatic heterocycles. The Morgan fingerprint density at radius 3 is 2.28 bits per heavy atom. The van der Waals surface area contributed by atoms with Crippen LogP contribution in [0.15, 0.2) is 59.4 Å². The topological polar surface area (TPSA) is 52.7 Å².